The van der Waals surface area contributed by atoms with E-state index >= 15 is 0 Å². The van der Waals surface area contributed by atoms with Crippen LogP contribution in [-0.2, 0) is 11.8 Å². The molecule has 0 saturated carbocycles. The summed E-state index contributed by atoms with van der Waals surface area (Å²) in [6.07, 6.45) is 4.97. The lowest BCUT2D eigenvalue weighted by atomic mass is 9.92. The van der Waals surface area contributed by atoms with Crippen molar-refractivity contribution in [2.75, 3.05) is 19.6 Å². The van der Waals surface area contributed by atoms with Gasteiger partial charge in [0, 0.05) is 42.2 Å². The predicted molar refractivity (Wildman–Crippen MR) is 126 cm³/mol. The van der Waals surface area contributed by atoms with E-state index in [9.17, 15) is 0 Å². The molecule has 0 aromatic carbocycles. The van der Waals surface area contributed by atoms with Gasteiger partial charge in [-0.1, -0.05) is 26.0 Å². The number of aliphatic imine (C=N–C) groups is 1. The molecule has 0 aliphatic heterocycles. The van der Waals surface area contributed by atoms with Gasteiger partial charge in [-0.05, 0) is 30.5 Å². The van der Waals surface area contributed by atoms with Crippen LogP contribution in [0.15, 0.2) is 53.1 Å². The van der Waals surface area contributed by atoms with Crippen molar-refractivity contribution in [1.82, 2.24) is 20.0 Å². The molecule has 3 aromatic heterocycles. The second-order valence-electron chi connectivity index (χ2n) is 6.93. The van der Waals surface area contributed by atoms with Crippen molar-refractivity contribution in [2.45, 2.75) is 32.6 Å². The first-order valence-electron chi connectivity index (χ1n) is 9.07. The molecule has 0 aliphatic rings. The molecule has 0 radical (unpaired) electrons. The molecule has 146 valence electrons. The fourth-order valence-corrected chi connectivity index (χ4v) is 3.62. The van der Waals surface area contributed by atoms with Gasteiger partial charge in [0.2, 0.25) is 0 Å². The third-order valence-corrected chi connectivity index (χ3v) is 5.49. The Morgan fingerprint density at radius 3 is 2.78 bits per heavy atom. The van der Waals surface area contributed by atoms with Crippen LogP contribution in [0.25, 0.3) is 5.65 Å². The zero-order chi connectivity index (χ0) is 18.4. The molecule has 0 aliphatic carbocycles. The number of thiophene rings is 1. The van der Waals surface area contributed by atoms with Crippen molar-refractivity contribution in [1.29, 1.82) is 0 Å². The second kappa shape index (κ2) is 10.1. The van der Waals surface area contributed by atoms with E-state index in [2.05, 4.69) is 64.5 Å². The molecule has 27 heavy (non-hydrogen) atoms. The van der Waals surface area contributed by atoms with Crippen molar-refractivity contribution >= 4 is 46.9 Å². The van der Waals surface area contributed by atoms with Crippen LogP contribution in [0.4, 0.5) is 0 Å². The Kier molecular flexibility index (Phi) is 8.09. The van der Waals surface area contributed by atoms with Crippen LogP contribution in [0.1, 0.15) is 31.3 Å². The summed E-state index contributed by atoms with van der Waals surface area (Å²) < 4.78 is 2.05. The van der Waals surface area contributed by atoms with Crippen molar-refractivity contribution in [3.8, 4) is 0 Å². The van der Waals surface area contributed by atoms with Gasteiger partial charge in [-0.2, -0.15) is 0 Å². The van der Waals surface area contributed by atoms with Crippen LogP contribution in [0.3, 0.4) is 0 Å². The Labute approximate surface area is 182 Å². The van der Waals surface area contributed by atoms with Crippen molar-refractivity contribution in [3.63, 3.8) is 0 Å². The molecule has 7 heteroatoms. The third kappa shape index (κ3) is 5.93. The van der Waals surface area contributed by atoms with E-state index in [1.807, 2.05) is 24.4 Å². The zero-order valence-corrected chi connectivity index (χ0v) is 19.3. The van der Waals surface area contributed by atoms with Crippen molar-refractivity contribution < 1.29 is 0 Å². The highest BCUT2D eigenvalue weighted by Gasteiger charge is 2.21. The van der Waals surface area contributed by atoms with E-state index in [1.165, 1.54) is 4.88 Å². The molecule has 0 bridgehead atoms. The predicted octanol–water partition coefficient (Wildman–Crippen LogP) is 4.09. The highest BCUT2D eigenvalue weighted by Crippen LogP contribution is 2.27. The molecule has 5 nitrogen and oxygen atoms in total. The molecule has 3 aromatic rings. The van der Waals surface area contributed by atoms with Gasteiger partial charge >= 0.3 is 0 Å². The number of aromatic nitrogens is 2. The minimum atomic E-state index is 0. The van der Waals surface area contributed by atoms with Crippen molar-refractivity contribution in [2.24, 2.45) is 4.99 Å². The third-order valence-electron chi connectivity index (χ3n) is 4.25. The fourth-order valence-electron chi connectivity index (χ4n) is 2.78. The minimum absolute atomic E-state index is 0. The lowest BCUT2D eigenvalue weighted by Gasteiger charge is -2.21. The number of halogens is 1. The number of guanidine groups is 1. The van der Waals surface area contributed by atoms with E-state index in [1.54, 1.807) is 11.3 Å². The van der Waals surface area contributed by atoms with Crippen LogP contribution >= 0.6 is 35.3 Å². The summed E-state index contributed by atoms with van der Waals surface area (Å²) in [7, 11) is 0. The highest BCUT2D eigenvalue weighted by atomic mass is 127. The topological polar surface area (TPSA) is 53.7 Å². The number of hydrogen-bond acceptors (Lipinski definition) is 3. The lowest BCUT2D eigenvalue weighted by molar-refractivity contribution is 0.548. The molecule has 0 fully saturated rings. The summed E-state index contributed by atoms with van der Waals surface area (Å²) in [5, 5.41) is 8.88. The van der Waals surface area contributed by atoms with Gasteiger partial charge in [0.1, 0.15) is 5.65 Å². The molecule has 0 atom stereocenters. The molecule has 0 amide bonds. The second-order valence-corrected chi connectivity index (χ2v) is 7.88. The summed E-state index contributed by atoms with van der Waals surface area (Å²) in [6, 6.07) is 10.3. The summed E-state index contributed by atoms with van der Waals surface area (Å²) >= 11 is 1.79. The summed E-state index contributed by atoms with van der Waals surface area (Å²) in [6.45, 7) is 8.96. The van der Waals surface area contributed by atoms with Gasteiger partial charge in [-0.15, -0.1) is 35.3 Å². The maximum atomic E-state index is 4.79. The molecular weight excluding hydrogens is 469 g/mol. The van der Waals surface area contributed by atoms with Gasteiger partial charge in [0.25, 0.3) is 0 Å². The van der Waals surface area contributed by atoms with Crippen LogP contribution in [-0.4, -0.2) is 35.0 Å². The number of hydrogen-bond donors (Lipinski definition) is 2. The normalized spacial score (nSPS) is 12.0. The minimum Gasteiger partial charge on any atom is -0.357 e. The van der Waals surface area contributed by atoms with Crippen LogP contribution in [0, 0.1) is 0 Å². The van der Waals surface area contributed by atoms with Crippen LogP contribution in [0.2, 0.25) is 0 Å². The standard InChI is InChI=1S/C20H27N5S.HI/c1-4-21-19(23-15-20(2,3)17-8-7-13-26-17)22-11-10-16-14-25-12-6-5-9-18(25)24-16;/h5-9,12-14H,4,10-11,15H2,1-3H3,(H2,21,22,23);1H. The largest absolute Gasteiger partial charge is 0.357 e. The number of rotatable bonds is 7. The molecule has 0 spiro atoms. The Bertz CT molecular complexity index is 821. The van der Waals surface area contributed by atoms with E-state index in [0.717, 1.165) is 43.4 Å². The first-order valence-corrected chi connectivity index (χ1v) is 9.95. The quantitative estimate of drug-likeness (QED) is 0.294. The first kappa shape index (κ1) is 21.7. The molecule has 0 unspecified atom stereocenters. The van der Waals surface area contributed by atoms with E-state index in [0.29, 0.717) is 0 Å². The van der Waals surface area contributed by atoms with Gasteiger partial charge in [0.15, 0.2) is 5.96 Å². The molecule has 3 heterocycles. The number of imidazole rings is 1. The molecule has 3 rings (SSSR count). The monoisotopic (exact) mass is 497 g/mol. The molecular formula is C20H28IN5S. The number of fused-ring (bicyclic) bond motifs is 1. The average Bonchev–Trinajstić information content (AvgIpc) is 3.29. The number of pyridine rings is 1. The maximum absolute atomic E-state index is 4.79. The maximum Gasteiger partial charge on any atom is 0.191 e. The number of nitrogens with one attached hydrogen (secondary N) is 2. The summed E-state index contributed by atoms with van der Waals surface area (Å²) in [5.41, 5.74) is 2.11. The lowest BCUT2D eigenvalue weighted by Crippen LogP contribution is -2.39. The van der Waals surface area contributed by atoms with Gasteiger partial charge in [0.05, 0.1) is 12.2 Å². The van der Waals surface area contributed by atoms with Gasteiger partial charge < -0.3 is 15.0 Å². The van der Waals surface area contributed by atoms with E-state index in [4.69, 9.17) is 4.99 Å². The van der Waals surface area contributed by atoms with E-state index < -0.39 is 0 Å². The van der Waals surface area contributed by atoms with Crippen molar-refractivity contribution in [3.05, 3.63) is 58.7 Å². The Morgan fingerprint density at radius 2 is 2.07 bits per heavy atom. The van der Waals surface area contributed by atoms with Crippen LogP contribution < -0.4 is 10.6 Å². The molecule has 0 saturated heterocycles. The number of nitrogens with zero attached hydrogens (tertiary/aromatic N) is 3. The fraction of sp³-hybridized carbons (Fsp3) is 0.400. The average molecular weight is 497 g/mol. The SMILES string of the molecule is CCNC(=NCC(C)(C)c1cccs1)NCCc1cn2ccccc2n1.I. The first-order chi connectivity index (χ1) is 12.6. The molecule has 2 N–H and O–H groups in total. The van der Waals surface area contributed by atoms with Crippen LogP contribution in [0.5, 0.6) is 0 Å². The Balaban J connectivity index is 0.00000261. The highest BCUT2D eigenvalue weighted by molar-refractivity contribution is 14.0. The Morgan fingerprint density at radius 1 is 1.22 bits per heavy atom. The summed E-state index contributed by atoms with van der Waals surface area (Å²) in [4.78, 5) is 10.8. The Hall–Kier alpha value is -1.61. The summed E-state index contributed by atoms with van der Waals surface area (Å²) in [5.74, 6) is 0.862. The smallest absolute Gasteiger partial charge is 0.191 e. The van der Waals surface area contributed by atoms with Gasteiger partial charge in [-0.25, -0.2) is 4.98 Å². The van der Waals surface area contributed by atoms with Gasteiger partial charge in [-0.3, -0.25) is 4.99 Å². The van der Waals surface area contributed by atoms with E-state index in [-0.39, 0.29) is 29.4 Å². The zero-order valence-electron chi connectivity index (χ0n) is 16.1.